The molecule has 0 radical (unpaired) electrons. The van der Waals surface area contributed by atoms with Gasteiger partial charge in [0.2, 0.25) is 0 Å². The molecule has 0 spiro atoms. The maximum Gasteiger partial charge on any atom is 0.261 e. The molecule has 0 saturated heterocycles. The molecule has 0 aromatic heterocycles. The van der Waals surface area contributed by atoms with Crippen LogP contribution >= 0.6 is 0 Å². The van der Waals surface area contributed by atoms with Gasteiger partial charge in [0, 0.05) is 42.3 Å². The van der Waals surface area contributed by atoms with Crippen molar-refractivity contribution < 1.29 is 13.2 Å². The van der Waals surface area contributed by atoms with Crippen molar-refractivity contribution in [2.75, 3.05) is 15.4 Å². The zero-order valence-electron chi connectivity index (χ0n) is 27.3. The highest BCUT2D eigenvalue weighted by molar-refractivity contribution is 7.92. The molecule has 1 amide bonds. The molecule has 0 unspecified atom stereocenters. The highest BCUT2D eigenvalue weighted by Crippen LogP contribution is 2.39. The van der Waals surface area contributed by atoms with Gasteiger partial charge in [0.05, 0.1) is 16.2 Å². The second-order valence-corrected chi connectivity index (χ2v) is 13.9. The number of amides is 1. The van der Waals surface area contributed by atoms with E-state index in [4.69, 9.17) is 0 Å². The highest BCUT2D eigenvalue weighted by Gasteiger charge is 2.30. The van der Waals surface area contributed by atoms with E-state index in [0.717, 1.165) is 36.4 Å². The minimum absolute atomic E-state index is 0.0569. The standard InChI is InChI=1S/C42H36N4O3S/c47-42-40(38-27-37(25-26-39(38)44-42)50(48,49)45-36-19-11-4-12-20-36)41(34-17-9-3-10-18-34)43-35-23-21-33(22-24-35)30-46(28-31-13-5-1-6-14-31)29-32-15-7-2-8-16-32/h1-27,43,45H,28-30H2,(H,44,47). The van der Waals surface area contributed by atoms with Gasteiger partial charge in [-0.2, -0.15) is 0 Å². The molecule has 0 aliphatic carbocycles. The monoisotopic (exact) mass is 676 g/mol. The van der Waals surface area contributed by atoms with Crippen LogP contribution in [0.25, 0.3) is 11.3 Å². The van der Waals surface area contributed by atoms with Gasteiger partial charge in [-0.1, -0.05) is 121 Å². The average Bonchev–Trinajstić information content (AvgIpc) is 3.47. The Bertz CT molecular complexity index is 2180. The fourth-order valence-electron chi connectivity index (χ4n) is 6.11. The molecule has 1 aliphatic heterocycles. The summed E-state index contributed by atoms with van der Waals surface area (Å²) in [6.45, 7) is 2.38. The number of hydrogen-bond donors (Lipinski definition) is 3. The fourth-order valence-corrected chi connectivity index (χ4v) is 7.20. The predicted octanol–water partition coefficient (Wildman–Crippen LogP) is 8.62. The number of nitrogens with one attached hydrogen (secondary N) is 3. The van der Waals surface area contributed by atoms with Gasteiger partial charge in [-0.3, -0.25) is 14.4 Å². The van der Waals surface area contributed by atoms with Gasteiger partial charge < -0.3 is 10.6 Å². The lowest BCUT2D eigenvalue weighted by atomic mass is 10.00. The summed E-state index contributed by atoms with van der Waals surface area (Å²) < 4.78 is 29.4. The molecule has 1 heterocycles. The number of para-hydroxylation sites is 1. The van der Waals surface area contributed by atoms with E-state index in [0.29, 0.717) is 28.2 Å². The van der Waals surface area contributed by atoms with Crippen LogP contribution in [-0.4, -0.2) is 19.2 Å². The van der Waals surface area contributed by atoms with Crippen molar-refractivity contribution in [3.8, 4) is 0 Å². The Kier molecular flexibility index (Phi) is 9.55. The molecular weight excluding hydrogens is 641 g/mol. The first-order valence-electron chi connectivity index (χ1n) is 16.4. The van der Waals surface area contributed by atoms with Crippen molar-refractivity contribution in [1.29, 1.82) is 0 Å². The number of carbonyl (C=O) groups excluding carboxylic acids is 1. The zero-order valence-corrected chi connectivity index (χ0v) is 28.1. The third-order valence-corrected chi connectivity index (χ3v) is 9.89. The van der Waals surface area contributed by atoms with Crippen LogP contribution in [0.5, 0.6) is 0 Å². The van der Waals surface area contributed by atoms with Gasteiger partial charge in [-0.15, -0.1) is 0 Å². The fraction of sp³-hybridized carbons (Fsp3) is 0.0714. The molecule has 0 bridgehead atoms. The van der Waals surface area contributed by atoms with Crippen LogP contribution in [0.1, 0.15) is 27.8 Å². The Morgan fingerprint density at radius 1 is 0.580 bits per heavy atom. The van der Waals surface area contributed by atoms with Crippen LogP contribution < -0.4 is 15.4 Å². The number of carbonyl (C=O) groups is 1. The average molecular weight is 677 g/mol. The summed E-state index contributed by atoms with van der Waals surface area (Å²) in [4.78, 5) is 16.1. The van der Waals surface area contributed by atoms with E-state index >= 15 is 0 Å². The molecule has 1 aliphatic rings. The van der Waals surface area contributed by atoms with Crippen molar-refractivity contribution in [3.05, 3.63) is 192 Å². The number of sulfonamides is 1. The molecule has 0 saturated carbocycles. The summed E-state index contributed by atoms with van der Waals surface area (Å²) in [7, 11) is -3.92. The third-order valence-electron chi connectivity index (χ3n) is 8.51. The Morgan fingerprint density at radius 2 is 1.10 bits per heavy atom. The van der Waals surface area contributed by atoms with Crippen molar-refractivity contribution in [2.24, 2.45) is 0 Å². The lowest BCUT2D eigenvalue weighted by Gasteiger charge is -2.23. The van der Waals surface area contributed by atoms with Crippen LogP contribution in [0.4, 0.5) is 17.1 Å². The molecule has 6 aromatic carbocycles. The smallest absolute Gasteiger partial charge is 0.261 e. The van der Waals surface area contributed by atoms with Crippen LogP contribution in [0.2, 0.25) is 0 Å². The molecule has 50 heavy (non-hydrogen) atoms. The lowest BCUT2D eigenvalue weighted by molar-refractivity contribution is -0.110. The molecule has 0 fully saturated rings. The SMILES string of the molecule is O=C1Nc2ccc(S(=O)(=O)Nc3ccccc3)cc2C1=C(Nc1ccc(CN(Cc2ccccc2)Cc2ccccc2)cc1)c1ccccc1. The summed E-state index contributed by atoms with van der Waals surface area (Å²) in [5.74, 6) is -0.314. The zero-order chi connectivity index (χ0) is 34.3. The van der Waals surface area contributed by atoms with Crippen LogP contribution in [0.3, 0.4) is 0 Å². The Hall–Kier alpha value is -5.96. The quantitative estimate of drug-likeness (QED) is 0.113. The van der Waals surface area contributed by atoms with E-state index in [9.17, 15) is 13.2 Å². The van der Waals surface area contributed by atoms with E-state index in [2.05, 4.69) is 80.9 Å². The number of nitrogens with zero attached hydrogens (tertiary/aromatic N) is 1. The summed E-state index contributed by atoms with van der Waals surface area (Å²) in [5, 5.41) is 6.43. The molecule has 0 atom stereocenters. The van der Waals surface area contributed by atoms with E-state index in [-0.39, 0.29) is 10.8 Å². The predicted molar refractivity (Wildman–Crippen MR) is 201 cm³/mol. The largest absolute Gasteiger partial charge is 0.354 e. The number of hydrogen-bond acceptors (Lipinski definition) is 5. The number of anilines is 3. The molecule has 6 aromatic rings. The first kappa shape index (κ1) is 32.6. The van der Waals surface area contributed by atoms with Crippen LogP contribution in [-0.2, 0) is 34.5 Å². The van der Waals surface area contributed by atoms with Crippen molar-refractivity contribution in [3.63, 3.8) is 0 Å². The van der Waals surface area contributed by atoms with Gasteiger partial charge in [0.1, 0.15) is 0 Å². The first-order valence-corrected chi connectivity index (χ1v) is 17.9. The number of fused-ring (bicyclic) bond motifs is 1. The van der Waals surface area contributed by atoms with Crippen molar-refractivity contribution >= 4 is 44.3 Å². The normalized spacial score (nSPS) is 13.4. The van der Waals surface area contributed by atoms with Crippen molar-refractivity contribution in [2.45, 2.75) is 24.5 Å². The maximum atomic E-state index is 13.6. The number of rotatable bonds is 12. The van der Waals surface area contributed by atoms with Crippen LogP contribution in [0, 0.1) is 0 Å². The van der Waals surface area contributed by atoms with Gasteiger partial charge >= 0.3 is 0 Å². The van der Waals surface area contributed by atoms with Gasteiger partial charge in [0.15, 0.2) is 0 Å². The van der Waals surface area contributed by atoms with Gasteiger partial charge in [0.25, 0.3) is 15.9 Å². The van der Waals surface area contributed by atoms with E-state index in [1.807, 2.05) is 60.7 Å². The highest BCUT2D eigenvalue weighted by atomic mass is 32.2. The Balaban J connectivity index is 1.18. The summed E-state index contributed by atoms with van der Waals surface area (Å²) in [5.41, 5.74) is 7.70. The van der Waals surface area contributed by atoms with Gasteiger partial charge in [-0.05, 0) is 64.7 Å². The Morgan fingerprint density at radius 3 is 1.68 bits per heavy atom. The topological polar surface area (TPSA) is 90.5 Å². The lowest BCUT2D eigenvalue weighted by Crippen LogP contribution is -2.22. The molecule has 7 rings (SSSR count). The van der Waals surface area contributed by atoms with Crippen LogP contribution in [0.15, 0.2) is 169 Å². The second kappa shape index (κ2) is 14.7. The van der Waals surface area contributed by atoms with E-state index in [1.165, 1.54) is 17.2 Å². The summed E-state index contributed by atoms with van der Waals surface area (Å²) in [6.07, 6.45) is 0. The summed E-state index contributed by atoms with van der Waals surface area (Å²) >= 11 is 0. The summed E-state index contributed by atoms with van der Waals surface area (Å²) in [6, 6.07) is 52.2. The number of benzene rings is 6. The third kappa shape index (κ3) is 7.68. The molecule has 3 N–H and O–H groups in total. The van der Waals surface area contributed by atoms with Gasteiger partial charge in [-0.25, -0.2) is 8.42 Å². The first-order chi connectivity index (χ1) is 24.4. The minimum Gasteiger partial charge on any atom is -0.354 e. The van der Waals surface area contributed by atoms with E-state index in [1.54, 1.807) is 36.4 Å². The Labute approximate surface area is 293 Å². The van der Waals surface area contributed by atoms with Crippen molar-refractivity contribution in [1.82, 2.24) is 4.90 Å². The minimum atomic E-state index is -3.92. The maximum absolute atomic E-state index is 13.6. The molecule has 248 valence electrons. The molecular formula is C42H36N4O3S. The molecule has 7 nitrogen and oxygen atoms in total. The van der Waals surface area contributed by atoms with E-state index < -0.39 is 10.0 Å². The second-order valence-electron chi connectivity index (χ2n) is 12.2. The molecule has 8 heteroatoms.